The molecule has 0 unspecified atom stereocenters. The van der Waals surface area contributed by atoms with E-state index in [1.165, 1.54) is 4.80 Å². The third-order valence-electron chi connectivity index (χ3n) is 5.83. The molecule has 0 spiro atoms. The molecule has 2 N–H and O–H groups in total. The Hall–Kier alpha value is -4.37. The van der Waals surface area contributed by atoms with E-state index in [1.807, 2.05) is 54.6 Å². The van der Waals surface area contributed by atoms with Crippen molar-refractivity contribution < 1.29 is 9.59 Å². The lowest BCUT2D eigenvalue weighted by atomic mass is 10.1. The Labute approximate surface area is 210 Å². The molecule has 0 bridgehead atoms. The zero-order valence-electron chi connectivity index (χ0n) is 20.4. The first kappa shape index (κ1) is 24.7. The van der Waals surface area contributed by atoms with Gasteiger partial charge in [0.25, 0.3) is 11.8 Å². The molecule has 4 rings (SSSR count). The molecule has 3 aromatic carbocycles. The monoisotopic (exact) mass is 483 g/mol. The maximum Gasteiger partial charge on any atom is 0.269 e. The minimum atomic E-state index is -0.404. The highest BCUT2D eigenvalue weighted by Crippen LogP contribution is 2.13. The van der Waals surface area contributed by atoms with Crippen LogP contribution in [0.15, 0.2) is 78.9 Å². The van der Waals surface area contributed by atoms with Crippen molar-refractivity contribution in [3.8, 4) is 11.4 Å². The molecule has 1 aromatic heterocycles. The topological polar surface area (TPSA) is 105 Å². The van der Waals surface area contributed by atoms with Crippen LogP contribution in [-0.4, -0.2) is 50.0 Å². The first-order chi connectivity index (χ1) is 17.6. The quantitative estimate of drug-likeness (QED) is 0.354. The molecule has 0 atom stereocenters. The smallest absolute Gasteiger partial charge is 0.269 e. The van der Waals surface area contributed by atoms with Crippen LogP contribution in [0.25, 0.3) is 11.4 Å². The highest BCUT2D eigenvalue weighted by molar-refractivity contribution is 5.99. The molecule has 4 aromatic rings. The third kappa shape index (κ3) is 6.39. The van der Waals surface area contributed by atoms with Crippen molar-refractivity contribution in [2.75, 3.05) is 13.1 Å². The normalized spacial score (nSPS) is 10.9. The fourth-order valence-electron chi connectivity index (χ4n) is 3.66. The number of carbonyl (C=O) groups is 2. The zero-order valence-corrected chi connectivity index (χ0v) is 20.4. The van der Waals surface area contributed by atoms with Gasteiger partial charge < -0.3 is 0 Å². The van der Waals surface area contributed by atoms with Crippen LogP contribution in [0, 0.1) is 0 Å². The summed E-state index contributed by atoms with van der Waals surface area (Å²) in [7, 11) is 0. The summed E-state index contributed by atoms with van der Waals surface area (Å²) in [6, 6.07) is 24.0. The largest absolute Gasteiger partial charge is 0.300 e. The standard InChI is InChI=1S/C27H29N7O2/c1-3-33(4-2)18-20-10-14-23(15-11-20)26(35)29-30-27(36)24-16-12-21(13-17-24)19-34-31-25(28-32-34)22-8-6-5-7-9-22/h5-17H,3-4,18-19H2,1-2H3,(H,29,35)(H,30,36). The minimum Gasteiger partial charge on any atom is -0.300 e. The Morgan fingerprint density at radius 2 is 1.33 bits per heavy atom. The van der Waals surface area contributed by atoms with Crippen molar-refractivity contribution >= 4 is 11.8 Å². The molecule has 0 aliphatic heterocycles. The maximum atomic E-state index is 12.5. The van der Waals surface area contributed by atoms with Crippen molar-refractivity contribution in [2.24, 2.45) is 0 Å². The first-order valence-corrected chi connectivity index (χ1v) is 11.9. The molecule has 1 heterocycles. The predicted molar refractivity (Wildman–Crippen MR) is 137 cm³/mol. The highest BCUT2D eigenvalue weighted by atomic mass is 16.2. The highest BCUT2D eigenvalue weighted by Gasteiger charge is 2.11. The summed E-state index contributed by atoms with van der Waals surface area (Å²) in [5.41, 5.74) is 8.78. The van der Waals surface area contributed by atoms with Gasteiger partial charge in [-0.25, -0.2) is 0 Å². The molecular formula is C27H29N7O2. The van der Waals surface area contributed by atoms with Crippen molar-refractivity contribution in [3.05, 3.63) is 101 Å². The average molecular weight is 484 g/mol. The second-order valence-corrected chi connectivity index (χ2v) is 8.27. The number of rotatable bonds is 9. The van der Waals surface area contributed by atoms with Gasteiger partial charge in [-0.05, 0) is 53.7 Å². The maximum absolute atomic E-state index is 12.5. The number of carbonyl (C=O) groups excluding carboxylic acids is 2. The molecule has 0 saturated heterocycles. The van der Waals surface area contributed by atoms with Gasteiger partial charge in [-0.3, -0.25) is 25.3 Å². The van der Waals surface area contributed by atoms with Crippen LogP contribution in [0.5, 0.6) is 0 Å². The molecular weight excluding hydrogens is 454 g/mol. The lowest BCUT2D eigenvalue weighted by molar-refractivity contribution is 0.0846. The van der Waals surface area contributed by atoms with Crippen LogP contribution >= 0.6 is 0 Å². The van der Waals surface area contributed by atoms with Crippen LogP contribution in [0.3, 0.4) is 0 Å². The number of amides is 2. The average Bonchev–Trinajstić information content (AvgIpc) is 3.40. The molecule has 36 heavy (non-hydrogen) atoms. The Bertz CT molecular complexity index is 1280. The van der Waals surface area contributed by atoms with E-state index in [4.69, 9.17) is 0 Å². The van der Waals surface area contributed by atoms with Gasteiger partial charge in [0.2, 0.25) is 5.82 Å². The number of hydrazine groups is 1. The van der Waals surface area contributed by atoms with Crippen LogP contribution in [0.2, 0.25) is 0 Å². The van der Waals surface area contributed by atoms with E-state index < -0.39 is 5.91 Å². The molecule has 2 amide bonds. The zero-order chi connectivity index (χ0) is 25.3. The summed E-state index contributed by atoms with van der Waals surface area (Å²) < 4.78 is 0. The van der Waals surface area contributed by atoms with Gasteiger partial charge in [0.1, 0.15) is 0 Å². The predicted octanol–water partition coefficient (Wildman–Crippen LogP) is 3.31. The number of tetrazole rings is 1. The Kier molecular flexibility index (Phi) is 8.15. The number of aromatic nitrogens is 4. The number of nitrogens with one attached hydrogen (secondary N) is 2. The Balaban J connectivity index is 1.28. The van der Waals surface area contributed by atoms with Gasteiger partial charge >= 0.3 is 0 Å². The lowest BCUT2D eigenvalue weighted by Crippen LogP contribution is -2.41. The van der Waals surface area contributed by atoms with Crippen LogP contribution in [0.1, 0.15) is 45.7 Å². The molecule has 0 aliphatic rings. The van der Waals surface area contributed by atoms with Gasteiger partial charge in [-0.2, -0.15) is 4.80 Å². The molecule has 9 nitrogen and oxygen atoms in total. The number of nitrogens with zero attached hydrogens (tertiary/aromatic N) is 5. The van der Waals surface area contributed by atoms with Crippen molar-refractivity contribution in [2.45, 2.75) is 26.9 Å². The van der Waals surface area contributed by atoms with Crippen LogP contribution < -0.4 is 10.9 Å². The SMILES string of the molecule is CCN(CC)Cc1ccc(C(=O)NNC(=O)c2ccc(Cn3nnc(-c4ccccc4)n3)cc2)cc1. The summed E-state index contributed by atoms with van der Waals surface area (Å²) >= 11 is 0. The molecule has 0 fully saturated rings. The number of hydrogen-bond donors (Lipinski definition) is 2. The van der Waals surface area contributed by atoms with E-state index in [9.17, 15) is 9.59 Å². The second kappa shape index (κ2) is 11.9. The van der Waals surface area contributed by atoms with Gasteiger partial charge in [0.15, 0.2) is 0 Å². The van der Waals surface area contributed by atoms with Gasteiger partial charge in [-0.15, -0.1) is 10.2 Å². The Morgan fingerprint density at radius 1 is 0.778 bits per heavy atom. The molecule has 0 aliphatic carbocycles. The minimum absolute atomic E-state index is 0.374. The molecule has 184 valence electrons. The second-order valence-electron chi connectivity index (χ2n) is 8.27. The van der Waals surface area contributed by atoms with Crippen molar-refractivity contribution in [1.29, 1.82) is 0 Å². The Morgan fingerprint density at radius 3 is 1.89 bits per heavy atom. The molecule has 0 saturated carbocycles. The van der Waals surface area contributed by atoms with E-state index >= 15 is 0 Å². The summed E-state index contributed by atoms with van der Waals surface area (Å²) in [5, 5.41) is 12.6. The van der Waals surface area contributed by atoms with Gasteiger partial charge in [0.05, 0.1) is 6.54 Å². The van der Waals surface area contributed by atoms with E-state index in [0.29, 0.717) is 23.5 Å². The van der Waals surface area contributed by atoms with Crippen LogP contribution in [0.4, 0.5) is 0 Å². The molecule has 0 radical (unpaired) electrons. The van der Waals surface area contributed by atoms with Gasteiger partial charge in [0, 0.05) is 23.2 Å². The summed E-state index contributed by atoms with van der Waals surface area (Å²) in [6.07, 6.45) is 0. The third-order valence-corrected chi connectivity index (χ3v) is 5.83. The first-order valence-electron chi connectivity index (χ1n) is 11.9. The van der Waals surface area contributed by atoms with E-state index in [-0.39, 0.29) is 5.91 Å². The summed E-state index contributed by atoms with van der Waals surface area (Å²) in [6.45, 7) is 7.44. The van der Waals surface area contributed by atoms with E-state index in [1.54, 1.807) is 24.3 Å². The fourth-order valence-corrected chi connectivity index (χ4v) is 3.66. The van der Waals surface area contributed by atoms with E-state index in [0.717, 1.165) is 36.3 Å². The van der Waals surface area contributed by atoms with Crippen molar-refractivity contribution in [1.82, 2.24) is 36.0 Å². The van der Waals surface area contributed by atoms with E-state index in [2.05, 4.69) is 45.0 Å². The number of benzene rings is 3. The van der Waals surface area contributed by atoms with Crippen LogP contribution in [-0.2, 0) is 13.1 Å². The fraction of sp³-hybridized carbons (Fsp3) is 0.222. The van der Waals surface area contributed by atoms with Crippen molar-refractivity contribution in [3.63, 3.8) is 0 Å². The van der Waals surface area contributed by atoms with Gasteiger partial charge in [-0.1, -0.05) is 68.4 Å². The number of hydrogen-bond acceptors (Lipinski definition) is 6. The lowest BCUT2D eigenvalue weighted by Gasteiger charge is -2.18. The summed E-state index contributed by atoms with van der Waals surface area (Å²) in [5.74, 6) is -0.222. The summed E-state index contributed by atoms with van der Waals surface area (Å²) in [4.78, 5) is 28.7. The molecule has 9 heteroatoms.